The van der Waals surface area contributed by atoms with Gasteiger partial charge in [-0.25, -0.2) is 0 Å². The van der Waals surface area contributed by atoms with E-state index in [2.05, 4.69) is 10.3 Å². The minimum Gasteiger partial charge on any atom is -0.375 e. The quantitative estimate of drug-likeness (QED) is 0.480. The zero-order valence-corrected chi connectivity index (χ0v) is 13.4. The Morgan fingerprint density at radius 2 is 1.94 bits per heavy atom. The Labute approximate surface area is 126 Å². The predicted octanol–water partition coefficient (Wildman–Crippen LogP) is 2.30. The van der Waals surface area contributed by atoms with Crippen molar-refractivity contribution in [3.63, 3.8) is 0 Å². The lowest BCUT2D eigenvalue weighted by Crippen LogP contribution is -2.37. The van der Waals surface area contributed by atoms with Gasteiger partial charge in [0.05, 0.1) is 6.54 Å². The van der Waals surface area contributed by atoms with Gasteiger partial charge < -0.3 is 15.8 Å². The highest BCUT2D eigenvalue weighted by Gasteiger charge is 2.09. The van der Waals surface area contributed by atoms with Crippen LogP contribution in [-0.4, -0.2) is 25.7 Å². The van der Waals surface area contributed by atoms with Crippen LogP contribution in [0.25, 0.3) is 0 Å². The van der Waals surface area contributed by atoms with E-state index in [1.54, 1.807) is 7.11 Å². The van der Waals surface area contributed by atoms with Crippen LogP contribution in [0.3, 0.4) is 0 Å². The molecule has 0 bridgehead atoms. The zero-order chi connectivity index (χ0) is 12.7. The number of benzene rings is 1. The van der Waals surface area contributed by atoms with Gasteiger partial charge in [0.2, 0.25) is 0 Å². The van der Waals surface area contributed by atoms with Crippen molar-refractivity contribution in [3.05, 3.63) is 35.9 Å². The third-order valence-corrected chi connectivity index (χ3v) is 2.32. The number of nitrogens with two attached hydrogens (primary N) is 1. The molecule has 5 heteroatoms. The molecule has 0 radical (unpaired) electrons. The van der Waals surface area contributed by atoms with Crippen LogP contribution in [0.1, 0.15) is 25.5 Å². The summed E-state index contributed by atoms with van der Waals surface area (Å²) >= 11 is 0. The van der Waals surface area contributed by atoms with E-state index < -0.39 is 0 Å². The van der Waals surface area contributed by atoms with Crippen molar-refractivity contribution in [1.82, 2.24) is 5.32 Å². The minimum atomic E-state index is -0.0521. The molecule has 0 fully saturated rings. The molecule has 0 aromatic heterocycles. The highest BCUT2D eigenvalue weighted by Crippen LogP contribution is 2.15. The first-order valence-corrected chi connectivity index (χ1v) is 5.77. The van der Waals surface area contributed by atoms with Gasteiger partial charge in [-0.05, 0) is 19.4 Å². The Morgan fingerprint density at radius 1 is 1.33 bits per heavy atom. The van der Waals surface area contributed by atoms with Crippen LogP contribution in [0.5, 0.6) is 0 Å². The van der Waals surface area contributed by atoms with Crippen molar-refractivity contribution >= 4 is 29.9 Å². The molecule has 3 N–H and O–H groups in total. The van der Waals surface area contributed by atoms with Gasteiger partial charge >= 0.3 is 0 Å². The molecule has 0 aliphatic heterocycles. The topological polar surface area (TPSA) is 59.6 Å². The Bertz CT molecular complexity index is 355. The summed E-state index contributed by atoms with van der Waals surface area (Å²) in [6.07, 6.45) is -0.0521. The van der Waals surface area contributed by atoms with Crippen molar-refractivity contribution in [2.24, 2.45) is 10.7 Å². The Hall–Kier alpha value is -0.820. The number of hydrogen-bond acceptors (Lipinski definition) is 2. The second-order valence-corrected chi connectivity index (χ2v) is 4.16. The monoisotopic (exact) mass is 363 g/mol. The van der Waals surface area contributed by atoms with Gasteiger partial charge in [-0.3, -0.25) is 4.99 Å². The number of rotatable bonds is 5. The van der Waals surface area contributed by atoms with Crippen LogP contribution in [0.4, 0.5) is 0 Å². The molecule has 0 saturated heterocycles. The SMILES string of the molecule is COC(CN=C(N)NC(C)C)c1ccccc1.I. The van der Waals surface area contributed by atoms with Gasteiger partial charge in [-0.1, -0.05) is 30.3 Å². The van der Waals surface area contributed by atoms with E-state index in [9.17, 15) is 0 Å². The number of guanidine groups is 1. The molecule has 0 amide bonds. The molecule has 0 aliphatic carbocycles. The number of methoxy groups -OCH3 is 1. The fraction of sp³-hybridized carbons (Fsp3) is 0.462. The van der Waals surface area contributed by atoms with E-state index in [4.69, 9.17) is 10.5 Å². The van der Waals surface area contributed by atoms with Crippen LogP contribution < -0.4 is 11.1 Å². The van der Waals surface area contributed by atoms with E-state index in [0.717, 1.165) is 5.56 Å². The molecule has 102 valence electrons. The lowest BCUT2D eigenvalue weighted by atomic mass is 10.1. The maximum absolute atomic E-state index is 5.74. The summed E-state index contributed by atoms with van der Waals surface area (Å²) < 4.78 is 5.40. The highest BCUT2D eigenvalue weighted by molar-refractivity contribution is 14.0. The first kappa shape index (κ1) is 17.2. The molecule has 1 aromatic rings. The summed E-state index contributed by atoms with van der Waals surface area (Å²) in [5.74, 6) is 0.456. The number of halogens is 1. The molecule has 1 unspecified atom stereocenters. The molecular weight excluding hydrogens is 341 g/mol. The van der Waals surface area contributed by atoms with Gasteiger partial charge in [-0.2, -0.15) is 0 Å². The average molecular weight is 363 g/mol. The second kappa shape index (κ2) is 9.16. The lowest BCUT2D eigenvalue weighted by molar-refractivity contribution is 0.111. The van der Waals surface area contributed by atoms with E-state index in [-0.39, 0.29) is 36.1 Å². The van der Waals surface area contributed by atoms with Crippen molar-refractivity contribution in [1.29, 1.82) is 0 Å². The van der Waals surface area contributed by atoms with E-state index in [1.807, 2.05) is 44.2 Å². The summed E-state index contributed by atoms with van der Waals surface area (Å²) in [6.45, 7) is 4.56. The molecular formula is C13H22IN3O. The fourth-order valence-electron chi connectivity index (χ4n) is 1.51. The summed E-state index contributed by atoms with van der Waals surface area (Å²) in [7, 11) is 1.68. The van der Waals surface area contributed by atoms with Gasteiger partial charge in [-0.15, -0.1) is 24.0 Å². The van der Waals surface area contributed by atoms with Crippen LogP contribution in [0.15, 0.2) is 35.3 Å². The average Bonchev–Trinajstić information content (AvgIpc) is 2.30. The number of nitrogens with zero attached hydrogens (tertiary/aromatic N) is 1. The molecule has 4 nitrogen and oxygen atoms in total. The molecule has 18 heavy (non-hydrogen) atoms. The van der Waals surface area contributed by atoms with Crippen molar-refractivity contribution in [2.45, 2.75) is 26.0 Å². The summed E-state index contributed by atoms with van der Waals surface area (Å²) in [5.41, 5.74) is 6.85. The van der Waals surface area contributed by atoms with Crippen molar-refractivity contribution in [3.8, 4) is 0 Å². The zero-order valence-electron chi connectivity index (χ0n) is 11.1. The van der Waals surface area contributed by atoms with E-state index >= 15 is 0 Å². The van der Waals surface area contributed by atoms with E-state index in [1.165, 1.54) is 0 Å². The van der Waals surface area contributed by atoms with Crippen LogP contribution in [-0.2, 0) is 4.74 Å². The van der Waals surface area contributed by atoms with E-state index in [0.29, 0.717) is 12.5 Å². The van der Waals surface area contributed by atoms with Gasteiger partial charge in [0.25, 0.3) is 0 Å². The summed E-state index contributed by atoms with van der Waals surface area (Å²) in [6, 6.07) is 10.3. The normalized spacial score (nSPS) is 13.0. The molecule has 1 aromatic carbocycles. The number of nitrogens with one attached hydrogen (secondary N) is 1. The van der Waals surface area contributed by atoms with Crippen molar-refractivity contribution < 1.29 is 4.74 Å². The molecule has 0 heterocycles. The molecule has 0 saturated carbocycles. The molecule has 0 spiro atoms. The first-order valence-electron chi connectivity index (χ1n) is 5.77. The van der Waals surface area contributed by atoms with Crippen LogP contribution >= 0.6 is 24.0 Å². The summed E-state index contributed by atoms with van der Waals surface area (Å²) in [4.78, 5) is 4.27. The third-order valence-electron chi connectivity index (χ3n) is 2.32. The largest absolute Gasteiger partial charge is 0.375 e. The number of aliphatic imine (C=N–C) groups is 1. The predicted molar refractivity (Wildman–Crippen MR) is 86.4 cm³/mol. The van der Waals surface area contributed by atoms with Gasteiger partial charge in [0.1, 0.15) is 6.10 Å². The standard InChI is InChI=1S/C13H21N3O.HI/c1-10(2)16-13(14)15-9-12(17-3)11-7-5-4-6-8-11;/h4-8,10,12H,9H2,1-3H3,(H3,14,15,16);1H. The second-order valence-electron chi connectivity index (χ2n) is 4.16. The first-order chi connectivity index (χ1) is 8.13. The maximum atomic E-state index is 5.74. The fourth-order valence-corrected chi connectivity index (χ4v) is 1.51. The highest BCUT2D eigenvalue weighted by atomic mass is 127. The lowest BCUT2D eigenvalue weighted by Gasteiger charge is -2.14. The Balaban J connectivity index is 0.00000289. The smallest absolute Gasteiger partial charge is 0.188 e. The van der Waals surface area contributed by atoms with Crippen LogP contribution in [0, 0.1) is 0 Å². The Kier molecular flexibility index (Phi) is 8.74. The van der Waals surface area contributed by atoms with Crippen LogP contribution in [0.2, 0.25) is 0 Å². The minimum absolute atomic E-state index is 0. The van der Waals surface area contributed by atoms with Gasteiger partial charge in [0.15, 0.2) is 5.96 Å². The maximum Gasteiger partial charge on any atom is 0.188 e. The number of hydrogen-bond donors (Lipinski definition) is 2. The molecule has 1 rings (SSSR count). The Morgan fingerprint density at radius 3 is 2.44 bits per heavy atom. The number of ether oxygens (including phenoxy) is 1. The molecule has 0 aliphatic rings. The third kappa shape index (κ3) is 6.20. The molecule has 1 atom stereocenters. The van der Waals surface area contributed by atoms with Crippen molar-refractivity contribution in [2.75, 3.05) is 13.7 Å². The summed E-state index contributed by atoms with van der Waals surface area (Å²) in [5, 5.41) is 3.05. The van der Waals surface area contributed by atoms with Gasteiger partial charge in [0, 0.05) is 13.2 Å².